The van der Waals surface area contributed by atoms with Gasteiger partial charge in [0.1, 0.15) is 15.6 Å². The van der Waals surface area contributed by atoms with Gasteiger partial charge in [-0.1, -0.05) is 24.2 Å². The summed E-state index contributed by atoms with van der Waals surface area (Å²) in [5.74, 6) is 0.0286. The maximum Gasteiger partial charge on any atom is 0.265 e. The lowest BCUT2D eigenvalue weighted by atomic mass is 10.2. The molecule has 0 aliphatic heterocycles. The van der Waals surface area contributed by atoms with Crippen LogP contribution in [-0.2, 0) is 0 Å². The summed E-state index contributed by atoms with van der Waals surface area (Å²) < 4.78 is 5.30. The number of aromatic nitrogens is 2. The van der Waals surface area contributed by atoms with Crippen molar-refractivity contribution in [3.63, 3.8) is 0 Å². The molecule has 0 radical (unpaired) electrons. The number of hydrogen-bond donors (Lipinski definition) is 0. The van der Waals surface area contributed by atoms with Gasteiger partial charge in [-0.05, 0) is 25.5 Å². The highest BCUT2D eigenvalue weighted by atomic mass is 32.1. The number of para-hydroxylation sites is 1. The van der Waals surface area contributed by atoms with E-state index in [0.29, 0.717) is 22.1 Å². The Morgan fingerprint density at radius 2 is 2.14 bits per heavy atom. The van der Waals surface area contributed by atoms with E-state index in [2.05, 4.69) is 17.1 Å². The van der Waals surface area contributed by atoms with Crippen molar-refractivity contribution >= 4 is 28.2 Å². The predicted octanol–water partition coefficient (Wildman–Crippen LogP) is 3.82. The number of amides is 1. The molecular formula is C16H17N3O2S. The fourth-order valence-corrected chi connectivity index (χ4v) is 3.23. The maximum atomic E-state index is 12.5. The van der Waals surface area contributed by atoms with Gasteiger partial charge < -0.3 is 9.42 Å². The normalized spacial score (nSPS) is 11.0. The van der Waals surface area contributed by atoms with Gasteiger partial charge in [0.15, 0.2) is 5.58 Å². The summed E-state index contributed by atoms with van der Waals surface area (Å²) in [4.78, 5) is 19.3. The molecule has 1 aromatic carbocycles. The largest absolute Gasteiger partial charge is 0.356 e. The van der Waals surface area contributed by atoms with Gasteiger partial charge >= 0.3 is 0 Å². The number of thiazole rings is 1. The van der Waals surface area contributed by atoms with E-state index < -0.39 is 0 Å². The standard InChI is InChI=1S/C16H17N3O2S/c1-3-9-19(4-2)16(20)13-10-17-15(22-13)14-11-7-5-6-8-12(11)21-18-14/h5-8,10H,3-4,9H2,1-2H3. The highest BCUT2D eigenvalue weighted by molar-refractivity contribution is 7.17. The third kappa shape index (κ3) is 2.62. The minimum Gasteiger partial charge on any atom is -0.356 e. The fourth-order valence-electron chi connectivity index (χ4n) is 2.35. The van der Waals surface area contributed by atoms with Gasteiger partial charge in [-0.2, -0.15) is 0 Å². The zero-order chi connectivity index (χ0) is 15.5. The topological polar surface area (TPSA) is 59.2 Å². The van der Waals surface area contributed by atoms with Crippen LogP contribution in [0.5, 0.6) is 0 Å². The van der Waals surface area contributed by atoms with Crippen LogP contribution < -0.4 is 0 Å². The molecule has 0 bridgehead atoms. The molecule has 3 aromatic rings. The average Bonchev–Trinajstić information content (AvgIpc) is 3.18. The molecule has 2 heterocycles. The lowest BCUT2D eigenvalue weighted by Gasteiger charge is -2.18. The predicted molar refractivity (Wildman–Crippen MR) is 87.0 cm³/mol. The van der Waals surface area contributed by atoms with Crippen LogP contribution in [0.25, 0.3) is 21.7 Å². The number of hydrogen-bond acceptors (Lipinski definition) is 5. The molecule has 0 saturated carbocycles. The zero-order valence-corrected chi connectivity index (χ0v) is 13.4. The monoisotopic (exact) mass is 315 g/mol. The van der Waals surface area contributed by atoms with Crippen LogP contribution in [0.3, 0.4) is 0 Å². The lowest BCUT2D eigenvalue weighted by molar-refractivity contribution is 0.0769. The lowest BCUT2D eigenvalue weighted by Crippen LogP contribution is -2.30. The third-order valence-corrected chi connectivity index (χ3v) is 4.45. The molecule has 0 spiro atoms. The quantitative estimate of drug-likeness (QED) is 0.718. The van der Waals surface area contributed by atoms with Crippen molar-refractivity contribution in [1.29, 1.82) is 0 Å². The minimum atomic E-state index is 0.0286. The van der Waals surface area contributed by atoms with Gasteiger partial charge in [0.05, 0.1) is 11.6 Å². The van der Waals surface area contributed by atoms with Crippen molar-refractivity contribution in [2.45, 2.75) is 20.3 Å². The highest BCUT2D eigenvalue weighted by Gasteiger charge is 2.19. The summed E-state index contributed by atoms with van der Waals surface area (Å²) >= 11 is 1.36. The van der Waals surface area contributed by atoms with E-state index in [4.69, 9.17) is 4.52 Å². The van der Waals surface area contributed by atoms with Crippen molar-refractivity contribution in [3.8, 4) is 10.7 Å². The van der Waals surface area contributed by atoms with E-state index in [9.17, 15) is 4.79 Å². The third-order valence-electron chi connectivity index (χ3n) is 3.46. The molecule has 6 heteroatoms. The SMILES string of the molecule is CCCN(CC)C(=O)c1cnc(-c2noc3ccccc23)s1. The Labute approximate surface area is 132 Å². The molecule has 22 heavy (non-hydrogen) atoms. The first-order valence-electron chi connectivity index (χ1n) is 7.34. The van der Waals surface area contributed by atoms with Crippen molar-refractivity contribution in [1.82, 2.24) is 15.0 Å². The average molecular weight is 315 g/mol. The Kier molecular flexibility index (Phi) is 4.20. The second kappa shape index (κ2) is 6.27. The summed E-state index contributed by atoms with van der Waals surface area (Å²) in [6.07, 6.45) is 2.57. The van der Waals surface area contributed by atoms with Crippen molar-refractivity contribution < 1.29 is 9.32 Å². The van der Waals surface area contributed by atoms with E-state index >= 15 is 0 Å². The maximum absolute atomic E-state index is 12.5. The van der Waals surface area contributed by atoms with Crippen LogP contribution in [0.2, 0.25) is 0 Å². The van der Waals surface area contributed by atoms with E-state index in [0.717, 1.165) is 23.9 Å². The van der Waals surface area contributed by atoms with Crippen LogP contribution in [0.1, 0.15) is 29.9 Å². The molecule has 2 aromatic heterocycles. The molecule has 0 fully saturated rings. The van der Waals surface area contributed by atoms with E-state index in [1.165, 1.54) is 11.3 Å². The number of benzene rings is 1. The van der Waals surface area contributed by atoms with Gasteiger partial charge in [0.2, 0.25) is 0 Å². The second-order valence-corrected chi connectivity index (χ2v) is 5.97. The van der Waals surface area contributed by atoms with Gasteiger partial charge in [-0.3, -0.25) is 4.79 Å². The van der Waals surface area contributed by atoms with E-state index in [-0.39, 0.29) is 5.91 Å². The molecule has 114 valence electrons. The van der Waals surface area contributed by atoms with Crippen LogP contribution in [0.4, 0.5) is 0 Å². The first kappa shape index (κ1) is 14.7. The first-order valence-corrected chi connectivity index (χ1v) is 8.16. The molecular weight excluding hydrogens is 298 g/mol. The van der Waals surface area contributed by atoms with Crippen molar-refractivity contribution in [3.05, 3.63) is 35.3 Å². The van der Waals surface area contributed by atoms with Gasteiger partial charge in [0, 0.05) is 13.1 Å². The smallest absolute Gasteiger partial charge is 0.265 e. The number of carbonyl (C=O) groups is 1. The number of carbonyl (C=O) groups excluding carboxylic acids is 1. The Morgan fingerprint density at radius 1 is 1.32 bits per heavy atom. The molecule has 1 amide bonds. The Morgan fingerprint density at radius 3 is 2.91 bits per heavy atom. The van der Waals surface area contributed by atoms with Crippen LogP contribution in [0.15, 0.2) is 35.0 Å². The summed E-state index contributed by atoms with van der Waals surface area (Å²) in [6.45, 7) is 5.51. The van der Waals surface area contributed by atoms with Crippen LogP contribution >= 0.6 is 11.3 Å². The Bertz CT molecular complexity index is 793. The molecule has 0 N–H and O–H groups in total. The van der Waals surface area contributed by atoms with Gasteiger partial charge in [-0.25, -0.2) is 4.98 Å². The molecule has 0 aliphatic rings. The molecule has 3 rings (SSSR count). The Hall–Kier alpha value is -2.21. The zero-order valence-electron chi connectivity index (χ0n) is 12.6. The van der Waals surface area contributed by atoms with Crippen LogP contribution in [0, 0.1) is 0 Å². The molecule has 0 saturated heterocycles. The summed E-state index contributed by atoms with van der Waals surface area (Å²) in [5.41, 5.74) is 1.42. The number of nitrogens with zero attached hydrogens (tertiary/aromatic N) is 3. The second-order valence-electron chi connectivity index (χ2n) is 4.94. The first-order chi connectivity index (χ1) is 10.7. The van der Waals surface area contributed by atoms with Crippen molar-refractivity contribution in [2.75, 3.05) is 13.1 Å². The molecule has 5 nitrogen and oxygen atoms in total. The number of fused-ring (bicyclic) bond motifs is 1. The molecule has 0 aliphatic carbocycles. The van der Waals surface area contributed by atoms with Gasteiger partial charge in [0.25, 0.3) is 5.91 Å². The van der Waals surface area contributed by atoms with Crippen LogP contribution in [-0.4, -0.2) is 34.0 Å². The van der Waals surface area contributed by atoms with Crippen molar-refractivity contribution in [2.24, 2.45) is 0 Å². The summed E-state index contributed by atoms with van der Waals surface area (Å²) in [6, 6.07) is 7.64. The molecule has 0 atom stereocenters. The minimum absolute atomic E-state index is 0.0286. The van der Waals surface area contributed by atoms with Gasteiger partial charge in [-0.15, -0.1) is 11.3 Å². The number of rotatable bonds is 5. The Balaban J connectivity index is 1.92. The summed E-state index contributed by atoms with van der Waals surface area (Å²) in [7, 11) is 0. The van der Waals surface area contributed by atoms with E-state index in [1.54, 1.807) is 6.20 Å². The summed E-state index contributed by atoms with van der Waals surface area (Å²) in [5, 5.41) is 5.71. The fraction of sp³-hybridized carbons (Fsp3) is 0.312. The molecule has 0 unspecified atom stereocenters. The highest BCUT2D eigenvalue weighted by Crippen LogP contribution is 2.31. The van der Waals surface area contributed by atoms with E-state index in [1.807, 2.05) is 36.1 Å².